The van der Waals surface area contributed by atoms with Crippen molar-refractivity contribution in [3.63, 3.8) is 0 Å². The Morgan fingerprint density at radius 1 is 1.12 bits per heavy atom. The highest BCUT2D eigenvalue weighted by Crippen LogP contribution is 2.29. The molecule has 2 heterocycles. The lowest BCUT2D eigenvalue weighted by atomic mass is 9.97. The van der Waals surface area contributed by atoms with Gasteiger partial charge < -0.3 is 4.74 Å². The van der Waals surface area contributed by atoms with Crippen LogP contribution in [0.3, 0.4) is 0 Å². The van der Waals surface area contributed by atoms with Crippen LogP contribution in [0.4, 0.5) is 0 Å². The summed E-state index contributed by atoms with van der Waals surface area (Å²) < 4.78 is 30.6. The maximum absolute atomic E-state index is 11.6. The molecule has 128 valence electrons. The van der Waals surface area contributed by atoms with Crippen molar-refractivity contribution in [2.24, 2.45) is 0 Å². The number of ether oxygens (including phenoxy) is 1. The van der Waals surface area contributed by atoms with E-state index in [0.717, 1.165) is 30.1 Å². The number of benzene rings is 1. The molecule has 1 saturated heterocycles. The van der Waals surface area contributed by atoms with Gasteiger partial charge in [0.2, 0.25) is 15.9 Å². The summed E-state index contributed by atoms with van der Waals surface area (Å²) in [6.45, 7) is 2.93. The number of rotatable bonds is 4. The van der Waals surface area contributed by atoms with E-state index in [1.165, 1.54) is 10.6 Å². The second kappa shape index (κ2) is 6.86. The molecule has 0 N–H and O–H groups in total. The highest BCUT2D eigenvalue weighted by atomic mass is 32.2. The molecule has 2 aromatic rings. The molecule has 1 aromatic heterocycles. The SMILES string of the molecule is Cc1cc(Oc2ccccc2)nc(C2CCN(S(C)(=O)=O)CC2)n1. The summed E-state index contributed by atoms with van der Waals surface area (Å²) in [7, 11) is -3.12. The summed E-state index contributed by atoms with van der Waals surface area (Å²) in [6, 6.07) is 11.3. The van der Waals surface area contributed by atoms with Crippen LogP contribution in [-0.2, 0) is 10.0 Å². The fraction of sp³-hybridized carbons (Fsp3) is 0.412. The molecule has 0 saturated carbocycles. The van der Waals surface area contributed by atoms with Crippen LogP contribution >= 0.6 is 0 Å². The smallest absolute Gasteiger partial charge is 0.222 e. The standard InChI is InChI=1S/C17H21N3O3S/c1-13-12-16(23-15-6-4-3-5-7-15)19-17(18-13)14-8-10-20(11-9-14)24(2,21)22/h3-7,12,14H,8-11H2,1-2H3. The monoisotopic (exact) mass is 347 g/mol. The first-order chi connectivity index (χ1) is 11.4. The Labute approximate surface area is 142 Å². The van der Waals surface area contributed by atoms with Crippen LogP contribution in [0.5, 0.6) is 11.6 Å². The molecule has 1 aliphatic heterocycles. The van der Waals surface area contributed by atoms with Gasteiger partial charge in [-0.15, -0.1) is 0 Å². The van der Waals surface area contributed by atoms with Crippen LogP contribution in [0.1, 0.15) is 30.3 Å². The topological polar surface area (TPSA) is 72.4 Å². The number of hydrogen-bond acceptors (Lipinski definition) is 5. The van der Waals surface area contributed by atoms with Crippen molar-refractivity contribution in [2.45, 2.75) is 25.7 Å². The second-order valence-electron chi connectivity index (χ2n) is 6.06. The van der Waals surface area contributed by atoms with E-state index in [4.69, 9.17) is 4.74 Å². The van der Waals surface area contributed by atoms with Gasteiger partial charge in [-0.05, 0) is 31.9 Å². The Morgan fingerprint density at radius 3 is 2.42 bits per heavy atom. The maximum atomic E-state index is 11.6. The molecule has 0 spiro atoms. The number of hydrogen-bond donors (Lipinski definition) is 0. The lowest BCUT2D eigenvalue weighted by molar-refractivity contribution is 0.313. The van der Waals surface area contributed by atoms with Gasteiger partial charge >= 0.3 is 0 Å². The normalized spacial score (nSPS) is 16.9. The molecule has 1 aliphatic rings. The second-order valence-corrected chi connectivity index (χ2v) is 8.04. The van der Waals surface area contributed by atoms with Crippen LogP contribution in [0.25, 0.3) is 0 Å². The summed E-state index contributed by atoms with van der Waals surface area (Å²) in [5.74, 6) is 2.14. The molecule has 1 fully saturated rings. The lowest BCUT2D eigenvalue weighted by Gasteiger charge is -2.29. The molecular formula is C17H21N3O3S. The molecule has 1 aromatic carbocycles. The summed E-state index contributed by atoms with van der Waals surface area (Å²) in [5.41, 5.74) is 0.844. The molecule has 0 radical (unpaired) electrons. The van der Waals surface area contributed by atoms with Crippen LogP contribution in [0.2, 0.25) is 0 Å². The zero-order valence-electron chi connectivity index (χ0n) is 13.8. The van der Waals surface area contributed by atoms with Crippen LogP contribution in [0.15, 0.2) is 36.4 Å². The van der Waals surface area contributed by atoms with E-state index in [0.29, 0.717) is 19.0 Å². The Bertz CT molecular complexity index is 801. The van der Waals surface area contributed by atoms with Gasteiger partial charge in [-0.25, -0.2) is 17.7 Å². The quantitative estimate of drug-likeness (QED) is 0.850. The van der Waals surface area contributed by atoms with Crippen molar-refractivity contribution in [1.29, 1.82) is 0 Å². The molecule has 6 nitrogen and oxygen atoms in total. The third-order valence-electron chi connectivity index (χ3n) is 4.10. The molecule has 24 heavy (non-hydrogen) atoms. The minimum absolute atomic E-state index is 0.154. The van der Waals surface area contributed by atoms with Crippen LogP contribution < -0.4 is 4.74 Å². The maximum Gasteiger partial charge on any atom is 0.222 e. The Morgan fingerprint density at radius 2 is 1.79 bits per heavy atom. The third kappa shape index (κ3) is 4.10. The van der Waals surface area contributed by atoms with Gasteiger partial charge in [0.1, 0.15) is 11.6 Å². The minimum atomic E-state index is -3.12. The Hall–Kier alpha value is -1.99. The molecular weight excluding hydrogens is 326 g/mol. The molecule has 7 heteroatoms. The average Bonchev–Trinajstić information content (AvgIpc) is 2.54. The van der Waals surface area contributed by atoms with Gasteiger partial charge in [-0.3, -0.25) is 0 Å². The van der Waals surface area contributed by atoms with Crippen molar-refractivity contribution in [2.75, 3.05) is 19.3 Å². The summed E-state index contributed by atoms with van der Waals surface area (Å²) >= 11 is 0. The number of para-hydroxylation sites is 1. The summed E-state index contributed by atoms with van der Waals surface area (Å²) in [4.78, 5) is 9.07. The fourth-order valence-electron chi connectivity index (χ4n) is 2.85. The van der Waals surface area contributed by atoms with Crippen molar-refractivity contribution < 1.29 is 13.2 Å². The first-order valence-electron chi connectivity index (χ1n) is 7.95. The van der Waals surface area contributed by atoms with E-state index >= 15 is 0 Å². The number of piperidine rings is 1. The Kier molecular flexibility index (Phi) is 4.82. The largest absolute Gasteiger partial charge is 0.439 e. The highest BCUT2D eigenvalue weighted by molar-refractivity contribution is 7.88. The average molecular weight is 347 g/mol. The number of sulfonamides is 1. The van der Waals surface area contributed by atoms with Crippen molar-refractivity contribution in [3.8, 4) is 11.6 Å². The van der Waals surface area contributed by atoms with Crippen LogP contribution in [0, 0.1) is 6.92 Å². The minimum Gasteiger partial charge on any atom is -0.439 e. The molecule has 0 unspecified atom stereocenters. The van der Waals surface area contributed by atoms with E-state index in [1.807, 2.05) is 43.3 Å². The molecule has 0 bridgehead atoms. The molecule has 3 rings (SSSR count). The van der Waals surface area contributed by atoms with E-state index < -0.39 is 10.0 Å². The number of nitrogens with zero attached hydrogens (tertiary/aromatic N) is 3. The van der Waals surface area contributed by atoms with Crippen molar-refractivity contribution in [1.82, 2.24) is 14.3 Å². The first kappa shape index (κ1) is 16.9. The number of aryl methyl sites for hydroxylation is 1. The van der Waals surface area contributed by atoms with Gasteiger partial charge in [0, 0.05) is 30.8 Å². The van der Waals surface area contributed by atoms with E-state index in [2.05, 4.69) is 9.97 Å². The van der Waals surface area contributed by atoms with E-state index in [1.54, 1.807) is 0 Å². The van der Waals surface area contributed by atoms with Crippen LogP contribution in [-0.4, -0.2) is 42.0 Å². The van der Waals surface area contributed by atoms with Gasteiger partial charge in [0.05, 0.1) is 6.26 Å². The van der Waals surface area contributed by atoms with Gasteiger partial charge in [0.25, 0.3) is 0 Å². The van der Waals surface area contributed by atoms with E-state index in [9.17, 15) is 8.42 Å². The van der Waals surface area contributed by atoms with E-state index in [-0.39, 0.29) is 5.92 Å². The summed E-state index contributed by atoms with van der Waals surface area (Å²) in [5, 5.41) is 0. The Balaban J connectivity index is 1.75. The van der Waals surface area contributed by atoms with Gasteiger partial charge in [-0.1, -0.05) is 18.2 Å². The molecule has 0 aliphatic carbocycles. The van der Waals surface area contributed by atoms with Gasteiger partial charge in [0.15, 0.2) is 0 Å². The predicted molar refractivity (Wildman–Crippen MR) is 91.7 cm³/mol. The predicted octanol–water partition coefficient (Wildman–Crippen LogP) is 2.72. The van der Waals surface area contributed by atoms with Crippen molar-refractivity contribution in [3.05, 3.63) is 47.9 Å². The summed E-state index contributed by atoms with van der Waals surface area (Å²) in [6.07, 6.45) is 2.70. The fourth-order valence-corrected chi connectivity index (χ4v) is 3.73. The van der Waals surface area contributed by atoms with Gasteiger partial charge in [-0.2, -0.15) is 4.98 Å². The van der Waals surface area contributed by atoms with Crippen molar-refractivity contribution >= 4 is 10.0 Å². The first-order valence-corrected chi connectivity index (χ1v) is 9.80. The molecule has 0 amide bonds. The highest BCUT2D eigenvalue weighted by Gasteiger charge is 2.27. The zero-order chi connectivity index (χ0) is 17.2. The zero-order valence-corrected chi connectivity index (χ0v) is 14.7. The molecule has 0 atom stereocenters. The number of aromatic nitrogens is 2. The third-order valence-corrected chi connectivity index (χ3v) is 5.40. The lowest BCUT2D eigenvalue weighted by Crippen LogP contribution is -2.37.